The second-order valence-electron chi connectivity index (χ2n) is 5.95. The van der Waals surface area contributed by atoms with Gasteiger partial charge in [-0.2, -0.15) is 0 Å². The van der Waals surface area contributed by atoms with Gasteiger partial charge in [0.05, 0.1) is 12.3 Å². The molecular weight excluding hydrogens is 288 g/mol. The number of nitrogens with zero attached hydrogens (tertiary/aromatic N) is 3. The highest BCUT2D eigenvalue weighted by atomic mass is 35.5. The lowest BCUT2D eigenvalue weighted by Gasteiger charge is -2.20. The van der Waals surface area contributed by atoms with Crippen molar-refractivity contribution < 1.29 is 4.74 Å². The van der Waals surface area contributed by atoms with Gasteiger partial charge in [-0.3, -0.25) is 0 Å². The third-order valence-corrected chi connectivity index (χ3v) is 3.32. The first-order chi connectivity index (χ1) is 9.88. The standard InChI is InChI=1S/C15H21ClN4O/c1-15(2,3)13-14(17)18-19-20(13)9-4-10-21-12-7-5-11(16)6-8-12/h5-8H,4,9-10,17H2,1-3H3. The van der Waals surface area contributed by atoms with Crippen LogP contribution in [0.2, 0.25) is 5.02 Å². The fraction of sp³-hybridized carbons (Fsp3) is 0.467. The maximum absolute atomic E-state index is 5.90. The number of ether oxygens (including phenoxy) is 1. The first kappa shape index (κ1) is 15.6. The molecule has 21 heavy (non-hydrogen) atoms. The van der Waals surface area contributed by atoms with Crippen LogP contribution in [0.4, 0.5) is 5.82 Å². The first-order valence-corrected chi connectivity index (χ1v) is 7.33. The summed E-state index contributed by atoms with van der Waals surface area (Å²) in [4.78, 5) is 0. The highest BCUT2D eigenvalue weighted by molar-refractivity contribution is 6.30. The Morgan fingerprint density at radius 3 is 2.52 bits per heavy atom. The maximum Gasteiger partial charge on any atom is 0.169 e. The molecule has 2 rings (SSSR count). The van der Waals surface area contributed by atoms with Crippen molar-refractivity contribution in [1.29, 1.82) is 0 Å². The van der Waals surface area contributed by atoms with E-state index in [1.807, 2.05) is 28.9 Å². The van der Waals surface area contributed by atoms with E-state index in [1.54, 1.807) is 0 Å². The molecule has 0 amide bonds. The molecule has 0 unspecified atom stereocenters. The molecule has 1 aromatic carbocycles. The van der Waals surface area contributed by atoms with E-state index in [0.717, 1.165) is 24.4 Å². The molecule has 0 bridgehead atoms. The molecule has 0 spiro atoms. The lowest BCUT2D eigenvalue weighted by Crippen LogP contribution is -2.20. The zero-order valence-electron chi connectivity index (χ0n) is 12.6. The van der Waals surface area contributed by atoms with Crippen LogP contribution in [-0.4, -0.2) is 21.6 Å². The van der Waals surface area contributed by atoms with E-state index in [2.05, 4.69) is 31.1 Å². The molecule has 6 heteroatoms. The van der Waals surface area contributed by atoms with Crippen LogP contribution in [0.25, 0.3) is 0 Å². The van der Waals surface area contributed by atoms with Gasteiger partial charge in [0.15, 0.2) is 5.82 Å². The van der Waals surface area contributed by atoms with Gasteiger partial charge in [0.25, 0.3) is 0 Å². The summed E-state index contributed by atoms with van der Waals surface area (Å²) in [6.45, 7) is 7.63. The summed E-state index contributed by atoms with van der Waals surface area (Å²) in [6, 6.07) is 7.34. The van der Waals surface area contributed by atoms with E-state index in [4.69, 9.17) is 22.1 Å². The predicted octanol–water partition coefficient (Wildman–Crippen LogP) is 3.28. The van der Waals surface area contributed by atoms with Gasteiger partial charge in [-0.25, -0.2) is 4.68 Å². The molecule has 114 valence electrons. The summed E-state index contributed by atoms with van der Waals surface area (Å²) < 4.78 is 7.53. The Kier molecular flexibility index (Phi) is 4.73. The lowest BCUT2D eigenvalue weighted by atomic mass is 9.92. The Balaban J connectivity index is 1.88. The Bertz CT molecular complexity index is 587. The van der Waals surface area contributed by atoms with Gasteiger partial charge >= 0.3 is 0 Å². The SMILES string of the molecule is CC(C)(C)c1c(N)nnn1CCCOc1ccc(Cl)cc1. The number of rotatable bonds is 5. The van der Waals surface area contributed by atoms with Crippen LogP contribution in [0, 0.1) is 0 Å². The summed E-state index contributed by atoms with van der Waals surface area (Å²) >= 11 is 5.83. The van der Waals surface area contributed by atoms with E-state index >= 15 is 0 Å². The van der Waals surface area contributed by atoms with Crippen molar-refractivity contribution in [2.45, 2.75) is 39.2 Å². The van der Waals surface area contributed by atoms with Crippen molar-refractivity contribution >= 4 is 17.4 Å². The van der Waals surface area contributed by atoms with Gasteiger partial charge in [-0.05, 0) is 24.3 Å². The van der Waals surface area contributed by atoms with Crippen molar-refractivity contribution in [1.82, 2.24) is 15.0 Å². The Hall–Kier alpha value is -1.75. The normalized spacial score (nSPS) is 11.6. The summed E-state index contributed by atoms with van der Waals surface area (Å²) in [7, 11) is 0. The van der Waals surface area contributed by atoms with Crippen molar-refractivity contribution in [3.63, 3.8) is 0 Å². The van der Waals surface area contributed by atoms with Crippen LogP contribution in [0.15, 0.2) is 24.3 Å². The molecule has 1 heterocycles. The van der Waals surface area contributed by atoms with E-state index in [0.29, 0.717) is 17.4 Å². The van der Waals surface area contributed by atoms with Crippen LogP contribution in [0.3, 0.4) is 0 Å². The van der Waals surface area contributed by atoms with Crippen molar-refractivity contribution in [3.8, 4) is 5.75 Å². The molecule has 0 saturated heterocycles. The minimum Gasteiger partial charge on any atom is -0.494 e. The third-order valence-electron chi connectivity index (χ3n) is 3.07. The molecule has 2 aromatic rings. The topological polar surface area (TPSA) is 66.0 Å². The van der Waals surface area contributed by atoms with E-state index in [9.17, 15) is 0 Å². The summed E-state index contributed by atoms with van der Waals surface area (Å²) in [5.74, 6) is 1.31. The second kappa shape index (κ2) is 6.35. The average Bonchev–Trinajstić information content (AvgIpc) is 2.78. The highest BCUT2D eigenvalue weighted by Gasteiger charge is 2.23. The largest absolute Gasteiger partial charge is 0.494 e. The Morgan fingerprint density at radius 2 is 1.90 bits per heavy atom. The minimum absolute atomic E-state index is 0.0788. The summed E-state index contributed by atoms with van der Waals surface area (Å²) in [5.41, 5.74) is 6.79. The number of benzene rings is 1. The number of anilines is 1. The van der Waals surface area contributed by atoms with Gasteiger partial charge in [-0.15, -0.1) is 5.10 Å². The first-order valence-electron chi connectivity index (χ1n) is 6.96. The predicted molar refractivity (Wildman–Crippen MR) is 84.7 cm³/mol. The number of halogens is 1. The molecule has 0 aliphatic rings. The smallest absolute Gasteiger partial charge is 0.169 e. The molecule has 1 aromatic heterocycles. The van der Waals surface area contributed by atoms with Gasteiger partial charge < -0.3 is 10.5 Å². The number of nitrogen functional groups attached to an aromatic ring is 1. The Morgan fingerprint density at radius 1 is 1.24 bits per heavy atom. The van der Waals surface area contributed by atoms with Crippen molar-refractivity contribution in [2.24, 2.45) is 0 Å². The molecule has 5 nitrogen and oxygen atoms in total. The number of aryl methyl sites for hydroxylation is 1. The molecule has 0 aliphatic carbocycles. The van der Waals surface area contributed by atoms with Gasteiger partial charge in [0, 0.05) is 23.4 Å². The molecular formula is C15H21ClN4O. The molecule has 0 saturated carbocycles. The average molecular weight is 309 g/mol. The molecule has 0 radical (unpaired) electrons. The second-order valence-corrected chi connectivity index (χ2v) is 6.39. The van der Waals surface area contributed by atoms with Crippen LogP contribution in [0.5, 0.6) is 5.75 Å². The van der Waals surface area contributed by atoms with E-state index in [-0.39, 0.29) is 5.41 Å². The van der Waals surface area contributed by atoms with E-state index in [1.165, 1.54) is 0 Å². The quantitative estimate of drug-likeness (QED) is 0.861. The number of nitrogens with two attached hydrogens (primary N) is 1. The highest BCUT2D eigenvalue weighted by Crippen LogP contribution is 2.26. The molecule has 0 aliphatic heterocycles. The molecule has 0 atom stereocenters. The molecule has 0 fully saturated rings. The minimum atomic E-state index is -0.0788. The van der Waals surface area contributed by atoms with Crippen molar-refractivity contribution in [3.05, 3.63) is 35.0 Å². The van der Waals surface area contributed by atoms with Crippen LogP contribution >= 0.6 is 11.6 Å². The third kappa shape index (κ3) is 4.11. The monoisotopic (exact) mass is 308 g/mol. The zero-order valence-corrected chi connectivity index (χ0v) is 13.4. The van der Waals surface area contributed by atoms with Gasteiger partial charge in [0.2, 0.25) is 0 Å². The van der Waals surface area contributed by atoms with Gasteiger partial charge in [-0.1, -0.05) is 37.6 Å². The maximum atomic E-state index is 5.90. The van der Waals surface area contributed by atoms with Gasteiger partial charge in [0.1, 0.15) is 5.75 Å². The number of hydrogen-bond acceptors (Lipinski definition) is 4. The fourth-order valence-corrected chi connectivity index (χ4v) is 2.32. The number of aromatic nitrogens is 3. The van der Waals surface area contributed by atoms with E-state index < -0.39 is 0 Å². The van der Waals surface area contributed by atoms with Crippen LogP contribution < -0.4 is 10.5 Å². The number of hydrogen-bond donors (Lipinski definition) is 1. The zero-order chi connectivity index (χ0) is 15.5. The molecule has 2 N–H and O–H groups in total. The van der Waals surface area contributed by atoms with Crippen molar-refractivity contribution in [2.75, 3.05) is 12.3 Å². The fourth-order valence-electron chi connectivity index (χ4n) is 2.19. The Labute approximate surface area is 130 Å². The summed E-state index contributed by atoms with van der Waals surface area (Å²) in [6.07, 6.45) is 0.828. The summed E-state index contributed by atoms with van der Waals surface area (Å²) in [5, 5.41) is 8.78. The lowest BCUT2D eigenvalue weighted by molar-refractivity contribution is 0.295. The van der Waals surface area contributed by atoms with Crippen LogP contribution in [-0.2, 0) is 12.0 Å². The van der Waals surface area contributed by atoms with Crippen LogP contribution in [0.1, 0.15) is 32.9 Å².